The number of nitrogens with one attached hydrogen (secondary N) is 2. The summed E-state index contributed by atoms with van der Waals surface area (Å²) in [5.74, 6) is 0.477. The summed E-state index contributed by atoms with van der Waals surface area (Å²) in [5.41, 5.74) is 1.87. The number of ether oxygens (including phenoxy) is 1. The average Bonchev–Trinajstić information content (AvgIpc) is 2.90. The number of aromatic amines is 1. The lowest BCUT2D eigenvalue weighted by Crippen LogP contribution is -2.19. The highest BCUT2D eigenvalue weighted by Crippen LogP contribution is 2.12. The van der Waals surface area contributed by atoms with Crippen molar-refractivity contribution in [3.05, 3.63) is 42.2 Å². The fraction of sp³-hybridized carbons (Fsp3) is 0.231. The number of carbonyl (C=O) groups excluding carboxylic acids is 1. The van der Waals surface area contributed by atoms with Gasteiger partial charge in [-0.3, -0.25) is 9.89 Å². The van der Waals surface area contributed by atoms with Crippen molar-refractivity contribution in [2.75, 3.05) is 11.9 Å². The quantitative estimate of drug-likeness (QED) is 0.846. The summed E-state index contributed by atoms with van der Waals surface area (Å²) in [6.07, 6.45) is 4.13. The van der Waals surface area contributed by atoms with Crippen LogP contribution in [-0.2, 0) is 11.2 Å². The van der Waals surface area contributed by atoms with Crippen molar-refractivity contribution in [3.63, 3.8) is 0 Å². The maximum atomic E-state index is 11.5. The molecule has 1 amide bonds. The Labute approximate surface area is 105 Å². The van der Waals surface area contributed by atoms with Crippen LogP contribution in [0, 0.1) is 0 Å². The average molecular weight is 245 g/mol. The Balaban J connectivity index is 1.81. The zero-order valence-electron chi connectivity index (χ0n) is 10.1. The van der Waals surface area contributed by atoms with E-state index < -0.39 is 0 Å². The second kappa shape index (κ2) is 5.86. The predicted octanol–water partition coefficient (Wildman–Crippen LogP) is 1.99. The zero-order chi connectivity index (χ0) is 12.8. The van der Waals surface area contributed by atoms with Gasteiger partial charge < -0.3 is 10.1 Å². The van der Waals surface area contributed by atoms with E-state index in [9.17, 15) is 4.79 Å². The SMILES string of the molecule is CCc1ccc(OCC(=O)Nc2cn[nH]c2)cc1. The van der Waals surface area contributed by atoms with Crippen molar-refractivity contribution in [1.29, 1.82) is 0 Å². The van der Waals surface area contributed by atoms with E-state index >= 15 is 0 Å². The number of H-pyrrole nitrogens is 1. The minimum atomic E-state index is -0.212. The molecule has 0 spiro atoms. The molecule has 5 heteroatoms. The number of benzene rings is 1. The Bertz CT molecular complexity index is 491. The normalized spacial score (nSPS) is 10.1. The highest BCUT2D eigenvalue weighted by Gasteiger charge is 2.04. The summed E-state index contributed by atoms with van der Waals surface area (Å²) in [7, 11) is 0. The molecule has 0 bridgehead atoms. The number of rotatable bonds is 5. The summed E-state index contributed by atoms with van der Waals surface area (Å²) < 4.78 is 5.37. The van der Waals surface area contributed by atoms with Gasteiger partial charge in [0, 0.05) is 6.20 Å². The first-order valence-corrected chi connectivity index (χ1v) is 5.78. The second-order valence-corrected chi connectivity index (χ2v) is 3.82. The number of hydrogen-bond donors (Lipinski definition) is 2. The smallest absolute Gasteiger partial charge is 0.262 e. The number of amides is 1. The molecule has 2 aromatic rings. The van der Waals surface area contributed by atoms with E-state index in [0.29, 0.717) is 11.4 Å². The van der Waals surface area contributed by atoms with E-state index in [0.717, 1.165) is 6.42 Å². The summed E-state index contributed by atoms with van der Waals surface area (Å²) in [6.45, 7) is 2.07. The van der Waals surface area contributed by atoms with Gasteiger partial charge in [-0.1, -0.05) is 19.1 Å². The van der Waals surface area contributed by atoms with Gasteiger partial charge in [0.05, 0.1) is 11.9 Å². The van der Waals surface area contributed by atoms with Crippen LogP contribution in [-0.4, -0.2) is 22.7 Å². The molecular weight excluding hydrogens is 230 g/mol. The predicted molar refractivity (Wildman–Crippen MR) is 68.5 cm³/mol. The molecule has 1 aromatic carbocycles. The van der Waals surface area contributed by atoms with Crippen LogP contribution in [0.2, 0.25) is 0 Å². The molecule has 1 heterocycles. The van der Waals surface area contributed by atoms with Crippen molar-refractivity contribution in [2.24, 2.45) is 0 Å². The highest BCUT2D eigenvalue weighted by molar-refractivity contribution is 5.91. The number of aryl methyl sites for hydroxylation is 1. The molecule has 0 saturated heterocycles. The van der Waals surface area contributed by atoms with Crippen LogP contribution in [0.1, 0.15) is 12.5 Å². The van der Waals surface area contributed by atoms with Crippen LogP contribution in [0.5, 0.6) is 5.75 Å². The van der Waals surface area contributed by atoms with Gasteiger partial charge in [0.25, 0.3) is 5.91 Å². The first-order valence-electron chi connectivity index (χ1n) is 5.78. The molecule has 1 aromatic heterocycles. The third-order valence-corrected chi connectivity index (χ3v) is 2.48. The fourth-order valence-electron chi connectivity index (χ4n) is 1.49. The Kier molecular flexibility index (Phi) is 3.96. The molecular formula is C13H15N3O2. The number of aromatic nitrogens is 2. The number of anilines is 1. The maximum Gasteiger partial charge on any atom is 0.262 e. The van der Waals surface area contributed by atoms with E-state index in [1.807, 2.05) is 24.3 Å². The van der Waals surface area contributed by atoms with Gasteiger partial charge in [0.2, 0.25) is 0 Å². The van der Waals surface area contributed by atoms with Crippen LogP contribution < -0.4 is 10.1 Å². The highest BCUT2D eigenvalue weighted by atomic mass is 16.5. The lowest BCUT2D eigenvalue weighted by Gasteiger charge is -2.06. The molecule has 0 atom stereocenters. The lowest BCUT2D eigenvalue weighted by molar-refractivity contribution is -0.118. The first-order chi connectivity index (χ1) is 8.78. The largest absolute Gasteiger partial charge is 0.484 e. The van der Waals surface area contributed by atoms with Crippen molar-refractivity contribution in [1.82, 2.24) is 10.2 Å². The van der Waals surface area contributed by atoms with Crippen LogP contribution in [0.4, 0.5) is 5.69 Å². The van der Waals surface area contributed by atoms with Crippen LogP contribution in [0.3, 0.4) is 0 Å². The zero-order valence-corrected chi connectivity index (χ0v) is 10.1. The number of nitrogens with zero attached hydrogens (tertiary/aromatic N) is 1. The molecule has 5 nitrogen and oxygen atoms in total. The van der Waals surface area contributed by atoms with E-state index in [1.54, 1.807) is 6.20 Å². The Morgan fingerprint density at radius 2 is 2.17 bits per heavy atom. The molecule has 0 unspecified atom stereocenters. The Morgan fingerprint density at radius 3 is 2.78 bits per heavy atom. The monoisotopic (exact) mass is 245 g/mol. The summed E-state index contributed by atoms with van der Waals surface area (Å²) >= 11 is 0. The summed E-state index contributed by atoms with van der Waals surface area (Å²) in [5, 5.41) is 9.01. The van der Waals surface area contributed by atoms with Gasteiger partial charge in [-0.2, -0.15) is 5.10 Å². The van der Waals surface area contributed by atoms with Crippen molar-refractivity contribution in [2.45, 2.75) is 13.3 Å². The molecule has 0 aliphatic rings. The third kappa shape index (κ3) is 3.35. The van der Waals surface area contributed by atoms with Gasteiger partial charge in [-0.05, 0) is 24.1 Å². The van der Waals surface area contributed by atoms with Gasteiger partial charge in [0.15, 0.2) is 6.61 Å². The molecule has 0 fully saturated rings. The summed E-state index contributed by atoms with van der Waals surface area (Å²) in [4.78, 5) is 11.5. The van der Waals surface area contributed by atoms with Crippen LogP contribution >= 0.6 is 0 Å². The van der Waals surface area contributed by atoms with E-state index in [1.165, 1.54) is 11.8 Å². The fourth-order valence-corrected chi connectivity index (χ4v) is 1.49. The van der Waals surface area contributed by atoms with Crippen LogP contribution in [0.25, 0.3) is 0 Å². The maximum absolute atomic E-state index is 11.5. The molecule has 0 radical (unpaired) electrons. The van der Waals surface area contributed by atoms with E-state index in [4.69, 9.17) is 4.74 Å². The first kappa shape index (κ1) is 12.2. The van der Waals surface area contributed by atoms with Crippen LogP contribution in [0.15, 0.2) is 36.7 Å². The van der Waals surface area contributed by atoms with E-state index in [2.05, 4.69) is 22.4 Å². The second-order valence-electron chi connectivity index (χ2n) is 3.82. The molecule has 0 aliphatic heterocycles. The Morgan fingerprint density at radius 1 is 1.39 bits per heavy atom. The van der Waals surface area contributed by atoms with Crippen molar-refractivity contribution in [3.8, 4) is 5.75 Å². The molecule has 0 saturated carbocycles. The molecule has 2 rings (SSSR count). The van der Waals surface area contributed by atoms with E-state index in [-0.39, 0.29) is 12.5 Å². The van der Waals surface area contributed by atoms with Gasteiger partial charge in [0.1, 0.15) is 5.75 Å². The molecule has 94 valence electrons. The topological polar surface area (TPSA) is 67.0 Å². The third-order valence-electron chi connectivity index (χ3n) is 2.48. The van der Waals surface area contributed by atoms with Gasteiger partial charge >= 0.3 is 0 Å². The minimum absolute atomic E-state index is 0.0172. The number of carbonyl (C=O) groups is 1. The van der Waals surface area contributed by atoms with Crippen molar-refractivity contribution >= 4 is 11.6 Å². The minimum Gasteiger partial charge on any atom is -0.484 e. The van der Waals surface area contributed by atoms with Crippen molar-refractivity contribution < 1.29 is 9.53 Å². The molecule has 2 N–H and O–H groups in total. The van der Waals surface area contributed by atoms with Gasteiger partial charge in [-0.15, -0.1) is 0 Å². The molecule has 0 aliphatic carbocycles. The standard InChI is InChI=1S/C13H15N3O2/c1-2-10-3-5-12(6-4-10)18-9-13(17)16-11-7-14-15-8-11/h3-8H,2,9H2,1H3,(H,14,15)(H,16,17). The van der Waals surface area contributed by atoms with Gasteiger partial charge in [-0.25, -0.2) is 0 Å². The lowest BCUT2D eigenvalue weighted by atomic mass is 10.2. The molecule has 18 heavy (non-hydrogen) atoms. The number of hydrogen-bond acceptors (Lipinski definition) is 3. The Hall–Kier alpha value is -2.30. The summed E-state index contributed by atoms with van der Waals surface area (Å²) in [6, 6.07) is 7.71.